The molecule has 0 radical (unpaired) electrons. The van der Waals surface area contributed by atoms with Crippen LogP contribution in [0.1, 0.15) is 64.5 Å². The van der Waals surface area contributed by atoms with Crippen LogP contribution < -0.4 is 0 Å². The summed E-state index contributed by atoms with van der Waals surface area (Å²) in [6.45, 7) is 7.51. The summed E-state index contributed by atoms with van der Waals surface area (Å²) in [5, 5.41) is 0. The smallest absolute Gasteiger partial charge is 0.289 e. The number of rotatable bonds is 8. The summed E-state index contributed by atoms with van der Waals surface area (Å²) in [4.78, 5) is 27.7. The van der Waals surface area contributed by atoms with Gasteiger partial charge in [-0.3, -0.25) is 9.59 Å². The van der Waals surface area contributed by atoms with E-state index in [2.05, 4.69) is 26.0 Å². The minimum absolute atomic E-state index is 0.0732. The average molecular weight is 398 g/mol. The molecule has 3 rings (SSSR count). The maximum absolute atomic E-state index is 13.3. The number of ether oxygens (including phenoxy) is 1. The molecule has 0 unspecified atom stereocenters. The van der Waals surface area contributed by atoms with E-state index in [9.17, 15) is 9.59 Å². The lowest BCUT2D eigenvalue weighted by Crippen LogP contribution is -2.35. The molecule has 0 aliphatic heterocycles. The Labute approximate surface area is 173 Å². The number of methoxy groups -OCH3 is 1. The van der Waals surface area contributed by atoms with Crippen molar-refractivity contribution in [1.29, 1.82) is 0 Å². The van der Waals surface area contributed by atoms with Gasteiger partial charge in [-0.15, -0.1) is 0 Å². The van der Waals surface area contributed by atoms with Crippen LogP contribution in [0.5, 0.6) is 0 Å². The highest BCUT2D eigenvalue weighted by Crippen LogP contribution is 2.38. The Hall–Kier alpha value is -2.40. The first-order valence-corrected chi connectivity index (χ1v) is 10.3. The Balaban J connectivity index is 1.76. The zero-order valence-electron chi connectivity index (χ0n) is 17.9. The highest BCUT2D eigenvalue weighted by molar-refractivity contribution is 6.03. The SMILES string of the molecule is COCCN(CCCc1ccccc1)C(=O)c1oc2c(c1C)C(=O)CC(C)(C)C2. The van der Waals surface area contributed by atoms with Crippen LogP contribution in [0, 0.1) is 12.3 Å². The number of hydrogen-bond donors (Lipinski definition) is 0. The number of hydrogen-bond acceptors (Lipinski definition) is 4. The van der Waals surface area contributed by atoms with E-state index in [1.165, 1.54) is 5.56 Å². The molecule has 1 heterocycles. The van der Waals surface area contributed by atoms with Crippen molar-refractivity contribution in [1.82, 2.24) is 4.90 Å². The molecule has 1 amide bonds. The van der Waals surface area contributed by atoms with Gasteiger partial charge in [0.1, 0.15) is 5.76 Å². The van der Waals surface area contributed by atoms with Gasteiger partial charge in [-0.2, -0.15) is 0 Å². The maximum atomic E-state index is 13.3. The quantitative estimate of drug-likeness (QED) is 0.660. The third kappa shape index (κ3) is 4.96. The Kier molecular flexibility index (Phi) is 6.58. The molecule has 1 aromatic heterocycles. The predicted octanol–water partition coefficient (Wildman–Crippen LogP) is 4.46. The van der Waals surface area contributed by atoms with Crippen LogP contribution >= 0.6 is 0 Å². The maximum Gasteiger partial charge on any atom is 0.289 e. The third-order valence-electron chi connectivity index (χ3n) is 5.56. The fourth-order valence-electron chi connectivity index (χ4n) is 4.07. The van der Waals surface area contributed by atoms with E-state index in [1.54, 1.807) is 12.0 Å². The molecule has 0 saturated heterocycles. The van der Waals surface area contributed by atoms with E-state index in [4.69, 9.17) is 9.15 Å². The van der Waals surface area contributed by atoms with E-state index < -0.39 is 0 Å². The number of benzene rings is 1. The van der Waals surface area contributed by atoms with Crippen molar-refractivity contribution in [3.05, 3.63) is 58.5 Å². The number of ketones is 1. The summed E-state index contributed by atoms with van der Waals surface area (Å²) in [6.07, 6.45) is 2.91. The predicted molar refractivity (Wildman–Crippen MR) is 112 cm³/mol. The molecule has 156 valence electrons. The molecule has 1 aromatic carbocycles. The first-order valence-electron chi connectivity index (χ1n) is 10.3. The Morgan fingerprint density at radius 3 is 2.59 bits per heavy atom. The van der Waals surface area contributed by atoms with E-state index in [0.717, 1.165) is 12.8 Å². The largest absolute Gasteiger partial charge is 0.455 e. The van der Waals surface area contributed by atoms with Crippen molar-refractivity contribution in [2.75, 3.05) is 26.8 Å². The molecule has 0 spiro atoms. The fraction of sp³-hybridized carbons (Fsp3) is 0.500. The van der Waals surface area contributed by atoms with Crippen molar-refractivity contribution in [2.24, 2.45) is 5.41 Å². The Bertz CT molecular complexity index is 867. The lowest BCUT2D eigenvalue weighted by Gasteiger charge is -2.27. The van der Waals surface area contributed by atoms with Gasteiger partial charge in [0, 0.05) is 38.6 Å². The monoisotopic (exact) mass is 397 g/mol. The zero-order chi connectivity index (χ0) is 21.0. The molecule has 0 saturated carbocycles. The second-order valence-corrected chi connectivity index (χ2v) is 8.67. The number of furan rings is 1. The first kappa shape index (κ1) is 21.3. The Morgan fingerprint density at radius 1 is 1.17 bits per heavy atom. The number of fused-ring (bicyclic) bond motifs is 1. The van der Waals surface area contributed by atoms with Crippen molar-refractivity contribution < 1.29 is 18.7 Å². The van der Waals surface area contributed by atoms with Crippen LogP contribution in [-0.4, -0.2) is 43.4 Å². The van der Waals surface area contributed by atoms with Gasteiger partial charge >= 0.3 is 0 Å². The third-order valence-corrected chi connectivity index (χ3v) is 5.56. The molecule has 29 heavy (non-hydrogen) atoms. The fourth-order valence-corrected chi connectivity index (χ4v) is 4.07. The van der Waals surface area contributed by atoms with Gasteiger partial charge in [0.2, 0.25) is 0 Å². The van der Waals surface area contributed by atoms with E-state index in [-0.39, 0.29) is 17.1 Å². The van der Waals surface area contributed by atoms with Gasteiger partial charge in [-0.1, -0.05) is 44.2 Å². The van der Waals surface area contributed by atoms with Crippen LogP contribution in [0.4, 0.5) is 0 Å². The van der Waals surface area contributed by atoms with Crippen molar-refractivity contribution in [3.8, 4) is 0 Å². The minimum Gasteiger partial charge on any atom is -0.455 e. The number of carbonyl (C=O) groups excluding carboxylic acids is 2. The highest BCUT2D eigenvalue weighted by atomic mass is 16.5. The van der Waals surface area contributed by atoms with Gasteiger partial charge in [-0.05, 0) is 30.7 Å². The van der Waals surface area contributed by atoms with Gasteiger partial charge in [-0.25, -0.2) is 0 Å². The van der Waals surface area contributed by atoms with Gasteiger partial charge in [0.25, 0.3) is 5.91 Å². The average Bonchev–Trinajstić information content (AvgIpc) is 3.00. The molecule has 0 bridgehead atoms. The number of amides is 1. The zero-order valence-corrected chi connectivity index (χ0v) is 17.9. The van der Waals surface area contributed by atoms with Crippen LogP contribution in [-0.2, 0) is 17.6 Å². The first-order chi connectivity index (χ1) is 13.8. The molecule has 0 atom stereocenters. The minimum atomic E-state index is -0.160. The lowest BCUT2D eigenvalue weighted by atomic mass is 9.76. The molecular formula is C24H31NO4. The van der Waals surface area contributed by atoms with E-state index in [1.807, 2.05) is 25.1 Å². The number of aryl methyl sites for hydroxylation is 1. The molecule has 5 nitrogen and oxygen atoms in total. The van der Waals surface area contributed by atoms with Crippen LogP contribution in [0.15, 0.2) is 34.7 Å². The molecule has 1 aliphatic carbocycles. The van der Waals surface area contributed by atoms with Crippen LogP contribution in [0.2, 0.25) is 0 Å². The molecule has 2 aromatic rings. The number of Topliss-reactive ketones (excluding diaryl/α,β-unsaturated/α-hetero) is 1. The number of carbonyl (C=O) groups is 2. The highest BCUT2D eigenvalue weighted by Gasteiger charge is 2.37. The van der Waals surface area contributed by atoms with Gasteiger partial charge < -0.3 is 14.1 Å². The molecular weight excluding hydrogens is 366 g/mol. The Morgan fingerprint density at radius 2 is 1.90 bits per heavy atom. The van der Waals surface area contributed by atoms with E-state index >= 15 is 0 Å². The number of nitrogens with zero attached hydrogens (tertiary/aromatic N) is 1. The summed E-state index contributed by atoms with van der Waals surface area (Å²) in [6, 6.07) is 10.2. The van der Waals surface area contributed by atoms with Crippen molar-refractivity contribution in [2.45, 2.75) is 46.5 Å². The lowest BCUT2D eigenvalue weighted by molar-refractivity contribution is 0.0657. The van der Waals surface area contributed by atoms with Gasteiger partial charge in [0.15, 0.2) is 11.5 Å². The topological polar surface area (TPSA) is 59.8 Å². The summed E-state index contributed by atoms with van der Waals surface area (Å²) >= 11 is 0. The molecule has 1 aliphatic rings. The summed E-state index contributed by atoms with van der Waals surface area (Å²) in [7, 11) is 1.63. The molecule has 0 N–H and O–H groups in total. The van der Waals surface area contributed by atoms with Crippen molar-refractivity contribution >= 4 is 11.7 Å². The molecule has 0 fully saturated rings. The van der Waals surface area contributed by atoms with Crippen LogP contribution in [0.25, 0.3) is 0 Å². The molecule has 5 heteroatoms. The summed E-state index contributed by atoms with van der Waals surface area (Å²) < 4.78 is 11.2. The van der Waals surface area contributed by atoms with Crippen molar-refractivity contribution in [3.63, 3.8) is 0 Å². The van der Waals surface area contributed by atoms with E-state index in [0.29, 0.717) is 55.2 Å². The van der Waals surface area contributed by atoms with Gasteiger partial charge in [0.05, 0.1) is 12.2 Å². The second-order valence-electron chi connectivity index (χ2n) is 8.67. The summed E-state index contributed by atoms with van der Waals surface area (Å²) in [5.74, 6) is 0.872. The second kappa shape index (κ2) is 8.95. The standard InChI is InChI=1S/C24H31NO4/c1-17-21-19(26)15-24(2,3)16-20(21)29-22(17)23(27)25(13-14-28-4)12-8-11-18-9-6-5-7-10-18/h5-7,9-10H,8,11-16H2,1-4H3. The summed E-state index contributed by atoms with van der Waals surface area (Å²) in [5.41, 5.74) is 2.41. The van der Waals surface area contributed by atoms with Crippen LogP contribution in [0.3, 0.4) is 0 Å². The normalized spacial score (nSPS) is 15.2.